The van der Waals surface area contributed by atoms with E-state index in [0.717, 1.165) is 24.2 Å². The van der Waals surface area contributed by atoms with Gasteiger partial charge in [-0.15, -0.1) is 0 Å². The lowest BCUT2D eigenvalue weighted by molar-refractivity contribution is 0.242. The van der Waals surface area contributed by atoms with E-state index in [1.165, 1.54) is 0 Å². The van der Waals surface area contributed by atoms with E-state index in [-0.39, 0.29) is 23.8 Å². The monoisotopic (exact) mass is 297 g/mol. The lowest BCUT2D eigenvalue weighted by atomic mass is 9.95. The molecule has 112 valence electrons. The number of hydrogen-bond donors (Lipinski definition) is 1. The van der Waals surface area contributed by atoms with E-state index in [1.807, 2.05) is 38.1 Å². The Morgan fingerprint density at radius 3 is 2.45 bits per heavy atom. The van der Waals surface area contributed by atoms with Crippen molar-refractivity contribution in [2.75, 3.05) is 11.5 Å². The van der Waals surface area contributed by atoms with Crippen LogP contribution in [0.2, 0.25) is 0 Å². The SMILES string of the molecule is CC(C)Oc1ccc(C(N)CC2CCS(=O)(=O)C2)cc1. The van der Waals surface area contributed by atoms with Crippen LogP contribution in [0, 0.1) is 5.92 Å². The van der Waals surface area contributed by atoms with Crippen LogP contribution in [0.3, 0.4) is 0 Å². The maximum atomic E-state index is 11.4. The van der Waals surface area contributed by atoms with E-state index in [9.17, 15) is 8.42 Å². The Morgan fingerprint density at radius 1 is 1.30 bits per heavy atom. The largest absolute Gasteiger partial charge is 0.491 e. The maximum Gasteiger partial charge on any atom is 0.150 e. The van der Waals surface area contributed by atoms with Crippen molar-refractivity contribution in [3.05, 3.63) is 29.8 Å². The molecule has 1 fully saturated rings. The molecule has 2 rings (SSSR count). The van der Waals surface area contributed by atoms with Crippen molar-refractivity contribution in [2.45, 2.75) is 38.8 Å². The summed E-state index contributed by atoms with van der Waals surface area (Å²) in [6, 6.07) is 7.65. The van der Waals surface area contributed by atoms with E-state index in [0.29, 0.717) is 5.75 Å². The predicted octanol–water partition coefficient (Wildman–Crippen LogP) is 2.30. The Kier molecular flexibility index (Phi) is 4.70. The Hall–Kier alpha value is -1.07. The van der Waals surface area contributed by atoms with E-state index in [1.54, 1.807) is 0 Å². The molecule has 1 aliphatic heterocycles. The molecule has 1 aromatic rings. The summed E-state index contributed by atoms with van der Waals surface area (Å²) in [6.45, 7) is 3.97. The molecule has 1 heterocycles. The third kappa shape index (κ3) is 4.21. The van der Waals surface area contributed by atoms with Crippen molar-refractivity contribution in [1.29, 1.82) is 0 Å². The summed E-state index contributed by atoms with van der Waals surface area (Å²) in [6.07, 6.45) is 1.62. The van der Waals surface area contributed by atoms with Crippen LogP contribution in [0.25, 0.3) is 0 Å². The molecule has 2 N–H and O–H groups in total. The first-order valence-electron chi connectivity index (χ1n) is 7.08. The first kappa shape index (κ1) is 15.3. The fourth-order valence-electron chi connectivity index (χ4n) is 2.62. The smallest absolute Gasteiger partial charge is 0.150 e. The van der Waals surface area contributed by atoms with Gasteiger partial charge >= 0.3 is 0 Å². The second kappa shape index (κ2) is 6.14. The van der Waals surface area contributed by atoms with E-state index in [4.69, 9.17) is 10.5 Å². The van der Waals surface area contributed by atoms with Crippen LogP contribution in [-0.2, 0) is 9.84 Å². The fourth-order valence-corrected chi connectivity index (χ4v) is 4.50. The molecule has 5 heteroatoms. The summed E-state index contributed by atoms with van der Waals surface area (Å²) in [5, 5.41) is 0. The second-order valence-electron chi connectivity index (χ2n) is 5.85. The van der Waals surface area contributed by atoms with Crippen LogP contribution in [0.5, 0.6) is 5.75 Å². The Bertz CT molecular complexity index is 537. The molecule has 0 radical (unpaired) electrons. The van der Waals surface area contributed by atoms with Crippen LogP contribution in [0.1, 0.15) is 38.3 Å². The lowest BCUT2D eigenvalue weighted by Crippen LogP contribution is -2.16. The minimum atomic E-state index is -2.82. The molecule has 2 atom stereocenters. The fraction of sp³-hybridized carbons (Fsp3) is 0.600. The van der Waals surface area contributed by atoms with Crippen LogP contribution in [-0.4, -0.2) is 26.0 Å². The third-order valence-corrected chi connectivity index (χ3v) is 5.43. The summed E-state index contributed by atoms with van der Waals surface area (Å²) in [4.78, 5) is 0. The third-order valence-electron chi connectivity index (χ3n) is 3.59. The maximum absolute atomic E-state index is 11.4. The van der Waals surface area contributed by atoms with E-state index < -0.39 is 9.84 Å². The Labute approximate surface area is 121 Å². The van der Waals surface area contributed by atoms with Gasteiger partial charge in [0.1, 0.15) is 5.75 Å². The molecule has 1 saturated heterocycles. The molecule has 0 aromatic heterocycles. The van der Waals surface area contributed by atoms with Gasteiger partial charge < -0.3 is 10.5 Å². The van der Waals surface area contributed by atoms with Gasteiger partial charge in [-0.1, -0.05) is 12.1 Å². The average molecular weight is 297 g/mol. The zero-order valence-electron chi connectivity index (χ0n) is 12.1. The van der Waals surface area contributed by atoms with Crippen molar-refractivity contribution in [3.63, 3.8) is 0 Å². The van der Waals surface area contributed by atoms with E-state index in [2.05, 4.69) is 0 Å². The van der Waals surface area contributed by atoms with Gasteiger partial charge in [0.2, 0.25) is 0 Å². The van der Waals surface area contributed by atoms with Crippen LogP contribution < -0.4 is 10.5 Å². The molecule has 0 saturated carbocycles. The van der Waals surface area contributed by atoms with Gasteiger partial charge in [-0.05, 0) is 50.3 Å². The van der Waals surface area contributed by atoms with Crippen LogP contribution in [0.15, 0.2) is 24.3 Å². The van der Waals surface area contributed by atoms with Gasteiger partial charge in [0.05, 0.1) is 17.6 Å². The van der Waals surface area contributed by atoms with Gasteiger partial charge in [-0.2, -0.15) is 0 Å². The number of rotatable bonds is 5. The first-order chi connectivity index (χ1) is 9.35. The summed E-state index contributed by atoms with van der Waals surface area (Å²) in [7, 11) is -2.82. The average Bonchev–Trinajstić information content (AvgIpc) is 2.68. The molecule has 4 nitrogen and oxygen atoms in total. The van der Waals surface area contributed by atoms with Crippen molar-refractivity contribution in [3.8, 4) is 5.75 Å². The highest BCUT2D eigenvalue weighted by Crippen LogP contribution is 2.28. The zero-order chi connectivity index (χ0) is 14.8. The molecule has 2 unspecified atom stereocenters. The van der Waals surface area contributed by atoms with Crippen LogP contribution in [0.4, 0.5) is 0 Å². The first-order valence-corrected chi connectivity index (χ1v) is 8.90. The number of hydrogen-bond acceptors (Lipinski definition) is 4. The Balaban J connectivity index is 1.94. The molecule has 1 aromatic carbocycles. The topological polar surface area (TPSA) is 69.4 Å². The molecule has 0 amide bonds. The zero-order valence-corrected chi connectivity index (χ0v) is 12.9. The minimum Gasteiger partial charge on any atom is -0.491 e. The van der Waals surface area contributed by atoms with Gasteiger partial charge in [0.25, 0.3) is 0 Å². The van der Waals surface area contributed by atoms with Crippen molar-refractivity contribution in [1.82, 2.24) is 0 Å². The Morgan fingerprint density at radius 2 is 1.95 bits per heavy atom. The second-order valence-corrected chi connectivity index (χ2v) is 8.08. The van der Waals surface area contributed by atoms with Gasteiger partial charge in [0.15, 0.2) is 9.84 Å². The number of benzene rings is 1. The summed E-state index contributed by atoms with van der Waals surface area (Å²) in [5.41, 5.74) is 7.21. The summed E-state index contributed by atoms with van der Waals surface area (Å²) in [5.74, 6) is 1.63. The normalized spacial score (nSPS) is 22.9. The van der Waals surface area contributed by atoms with E-state index >= 15 is 0 Å². The molecule has 20 heavy (non-hydrogen) atoms. The molecule has 0 aliphatic carbocycles. The molecule has 1 aliphatic rings. The van der Waals surface area contributed by atoms with Gasteiger partial charge in [0, 0.05) is 6.04 Å². The molecule has 0 bridgehead atoms. The quantitative estimate of drug-likeness (QED) is 0.905. The van der Waals surface area contributed by atoms with Crippen molar-refractivity contribution < 1.29 is 13.2 Å². The highest BCUT2D eigenvalue weighted by Gasteiger charge is 2.29. The standard InChI is InChI=1S/C15H23NO3S/c1-11(2)19-14-5-3-13(4-6-14)15(16)9-12-7-8-20(17,18)10-12/h3-6,11-12,15H,7-10,16H2,1-2H3. The summed E-state index contributed by atoms with van der Waals surface area (Å²) >= 11 is 0. The lowest BCUT2D eigenvalue weighted by Gasteiger charge is -2.17. The molecular formula is C15H23NO3S. The number of sulfone groups is 1. The van der Waals surface area contributed by atoms with Gasteiger partial charge in [-0.3, -0.25) is 0 Å². The summed E-state index contributed by atoms with van der Waals surface area (Å²) < 4.78 is 28.5. The number of nitrogens with two attached hydrogens (primary N) is 1. The number of ether oxygens (including phenoxy) is 1. The molecular weight excluding hydrogens is 274 g/mol. The highest BCUT2D eigenvalue weighted by molar-refractivity contribution is 7.91. The van der Waals surface area contributed by atoms with Gasteiger partial charge in [-0.25, -0.2) is 8.42 Å². The van der Waals surface area contributed by atoms with Crippen molar-refractivity contribution >= 4 is 9.84 Å². The highest BCUT2D eigenvalue weighted by atomic mass is 32.2. The minimum absolute atomic E-state index is 0.110. The van der Waals surface area contributed by atoms with Crippen LogP contribution >= 0.6 is 0 Å². The van der Waals surface area contributed by atoms with Crippen molar-refractivity contribution in [2.24, 2.45) is 11.7 Å². The predicted molar refractivity (Wildman–Crippen MR) is 80.5 cm³/mol. The molecule has 0 spiro atoms.